The van der Waals surface area contributed by atoms with E-state index in [2.05, 4.69) is 22.4 Å². The molecule has 1 aromatic carbocycles. The number of unbranched alkanes of at least 4 members (excludes halogenated alkanes) is 1. The number of para-hydroxylation sites is 1. The number of nitrogens with one attached hydrogen (secondary N) is 1. The van der Waals surface area contributed by atoms with Gasteiger partial charge in [0.05, 0.1) is 13.7 Å². The summed E-state index contributed by atoms with van der Waals surface area (Å²) in [6.07, 6.45) is 2.82. The molecular weight excluding hydrogens is 322 g/mol. The van der Waals surface area contributed by atoms with E-state index < -0.39 is 11.5 Å². The molecule has 1 N–H and O–H groups in total. The minimum absolute atomic E-state index is 0.115. The molecule has 1 unspecified atom stereocenters. The van der Waals surface area contributed by atoms with Gasteiger partial charge in [-0.1, -0.05) is 36.7 Å². The Morgan fingerprint density at radius 2 is 2.08 bits per heavy atom. The maximum atomic E-state index is 12.2. The second kappa shape index (κ2) is 9.17. The highest BCUT2D eigenvalue weighted by atomic mass is 16.5. The van der Waals surface area contributed by atoms with Crippen molar-refractivity contribution in [2.24, 2.45) is 0 Å². The smallest absolute Gasteiger partial charge is 0.329 e. The standard InChI is InChI=1S/C18H25N3O4/c1-4-5-11-16-20-15(21-25-16)12-19-18(2,17(22)23-3)13-24-14-9-7-6-8-10-14/h6-10,19H,4-5,11-13H2,1-3H3. The van der Waals surface area contributed by atoms with Crippen LogP contribution in [0.4, 0.5) is 0 Å². The Morgan fingerprint density at radius 3 is 2.76 bits per heavy atom. The molecule has 0 radical (unpaired) electrons. The normalized spacial score (nSPS) is 13.2. The van der Waals surface area contributed by atoms with Crippen LogP contribution in [-0.2, 0) is 22.5 Å². The van der Waals surface area contributed by atoms with E-state index in [0.717, 1.165) is 19.3 Å². The van der Waals surface area contributed by atoms with Gasteiger partial charge in [0, 0.05) is 6.42 Å². The molecular formula is C18H25N3O4. The molecule has 2 rings (SSSR count). The third-order valence-corrected chi connectivity index (χ3v) is 3.80. The summed E-state index contributed by atoms with van der Waals surface area (Å²) in [5.74, 6) is 1.37. The van der Waals surface area contributed by atoms with E-state index in [-0.39, 0.29) is 13.2 Å². The van der Waals surface area contributed by atoms with Crippen LogP contribution >= 0.6 is 0 Å². The third kappa shape index (κ3) is 5.56. The number of nitrogens with zero attached hydrogens (tertiary/aromatic N) is 2. The number of hydrogen-bond donors (Lipinski definition) is 1. The second-order valence-electron chi connectivity index (χ2n) is 5.99. The highest BCUT2D eigenvalue weighted by Crippen LogP contribution is 2.14. The number of carbonyl (C=O) groups excluding carboxylic acids is 1. The zero-order valence-corrected chi connectivity index (χ0v) is 14.9. The van der Waals surface area contributed by atoms with Crippen LogP contribution in [0.15, 0.2) is 34.9 Å². The van der Waals surface area contributed by atoms with E-state index >= 15 is 0 Å². The first-order chi connectivity index (χ1) is 12.1. The fourth-order valence-electron chi connectivity index (χ4n) is 2.22. The molecule has 7 heteroatoms. The number of hydrogen-bond acceptors (Lipinski definition) is 7. The summed E-state index contributed by atoms with van der Waals surface area (Å²) in [6.45, 7) is 4.22. The van der Waals surface area contributed by atoms with Crippen molar-refractivity contribution in [2.45, 2.75) is 45.2 Å². The lowest BCUT2D eigenvalue weighted by Gasteiger charge is -2.27. The van der Waals surface area contributed by atoms with Gasteiger partial charge in [-0.15, -0.1) is 0 Å². The van der Waals surface area contributed by atoms with Crippen molar-refractivity contribution in [1.82, 2.24) is 15.5 Å². The minimum atomic E-state index is -1.03. The van der Waals surface area contributed by atoms with Crippen molar-refractivity contribution < 1.29 is 18.8 Å². The van der Waals surface area contributed by atoms with E-state index in [0.29, 0.717) is 17.5 Å². The Morgan fingerprint density at radius 1 is 1.32 bits per heavy atom. The Labute approximate surface area is 147 Å². The van der Waals surface area contributed by atoms with Gasteiger partial charge in [-0.3, -0.25) is 5.32 Å². The molecule has 1 aromatic heterocycles. The second-order valence-corrected chi connectivity index (χ2v) is 5.99. The molecule has 0 saturated carbocycles. The SMILES string of the molecule is CCCCc1nc(CNC(C)(COc2ccccc2)C(=O)OC)no1. The first-order valence-electron chi connectivity index (χ1n) is 8.40. The van der Waals surface area contributed by atoms with Crippen molar-refractivity contribution >= 4 is 5.97 Å². The van der Waals surface area contributed by atoms with Crippen LogP contribution in [0.3, 0.4) is 0 Å². The topological polar surface area (TPSA) is 86.5 Å². The van der Waals surface area contributed by atoms with Crippen LogP contribution < -0.4 is 10.1 Å². The molecule has 0 amide bonds. The van der Waals surface area contributed by atoms with Crippen LogP contribution in [-0.4, -0.2) is 35.4 Å². The van der Waals surface area contributed by atoms with Crippen LogP contribution in [0.1, 0.15) is 38.4 Å². The number of benzene rings is 1. The van der Waals surface area contributed by atoms with E-state index in [1.807, 2.05) is 30.3 Å². The molecule has 0 spiro atoms. The summed E-state index contributed by atoms with van der Waals surface area (Å²) in [6, 6.07) is 9.30. The average Bonchev–Trinajstić information content (AvgIpc) is 3.11. The zero-order valence-electron chi connectivity index (χ0n) is 14.9. The fraction of sp³-hybridized carbons (Fsp3) is 0.500. The van der Waals surface area contributed by atoms with Gasteiger partial charge < -0.3 is 14.0 Å². The fourth-order valence-corrected chi connectivity index (χ4v) is 2.22. The number of ether oxygens (including phenoxy) is 2. The van der Waals surface area contributed by atoms with Gasteiger partial charge in [-0.2, -0.15) is 4.98 Å². The molecule has 1 atom stereocenters. The molecule has 7 nitrogen and oxygen atoms in total. The minimum Gasteiger partial charge on any atom is -0.491 e. The monoisotopic (exact) mass is 347 g/mol. The largest absolute Gasteiger partial charge is 0.491 e. The predicted molar refractivity (Wildman–Crippen MR) is 92.1 cm³/mol. The highest BCUT2D eigenvalue weighted by molar-refractivity contribution is 5.80. The Hall–Kier alpha value is -2.41. The molecule has 0 aliphatic carbocycles. The maximum absolute atomic E-state index is 12.2. The van der Waals surface area contributed by atoms with Gasteiger partial charge >= 0.3 is 5.97 Å². The Kier molecular flexibility index (Phi) is 6.94. The Balaban J connectivity index is 1.96. The van der Waals surface area contributed by atoms with Crippen LogP contribution in [0, 0.1) is 0 Å². The molecule has 136 valence electrons. The lowest BCUT2D eigenvalue weighted by atomic mass is 10.0. The van der Waals surface area contributed by atoms with Crippen LogP contribution in [0.5, 0.6) is 5.75 Å². The first-order valence-corrected chi connectivity index (χ1v) is 8.40. The van der Waals surface area contributed by atoms with Gasteiger partial charge in [-0.05, 0) is 25.5 Å². The van der Waals surface area contributed by atoms with E-state index in [4.69, 9.17) is 14.0 Å². The van der Waals surface area contributed by atoms with Crippen LogP contribution in [0.25, 0.3) is 0 Å². The summed E-state index contributed by atoms with van der Waals surface area (Å²) >= 11 is 0. The molecule has 1 heterocycles. The van der Waals surface area contributed by atoms with E-state index in [9.17, 15) is 4.79 Å². The molecule has 0 fully saturated rings. The highest BCUT2D eigenvalue weighted by Gasteiger charge is 2.35. The summed E-state index contributed by atoms with van der Waals surface area (Å²) in [5.41, 5.74) is -1.03. The molecule has 0 bridgehead atoms. The number of carbonyl (C=O) groups is 1. The number of rotatable bonds is 10. The number of aromatic nitrogens is 2. The molecule has 25 heavy (non-hydrogen) atoms. The molecule has 0 aliphatic heterocycles. The molecule has 0 aliphatic rings. The van der Waals surface area contributed by atoms with Gasteiger partial charge in [0.25, 0.3) is 0 Å². The molecule has 0 saturated heterocycles. The van der Waals surface area contributed by atoms with E-state index in [1.54, 1.807) is 6.92 Å². The van der Waals surface area contributed by atoms with Gasteiger partial charge in [-0.25, -0.2) is 4.79 Å². The quantitative estimate of drug-likeness (QED) is 0.661. The number of methoxy groups -OCH3 is 1. The number of aryl methyl sites for hydroxylation is 1. The maximum Gasteiger partial charge on any atom is 0.329 e. The summed E-state index contributed by atoms with van der Waals surface area (Å²) in [4.78, 5) is 16.5. The Bertz CT molecular complexity index is 659. The third-order valence-electron chi connectivity index (χ3n) is 3.80. The first kappa shape index (κ1) is 18.9. The van der Waals surface area contributed by atoms with E-state index in [1.165, 1.54) is 7.11 Å². The van der Waals surface area contributed by atoms with Gasteiger partial charge in [0.2, 0.25) is 5.89 Å². The van der Waals surface area contributed by atoms with Crippen LogP contribution in [0.2, 0.25) is 0 Å². The number of esters is 1. The average molecular weight is 347 g/mol. The van der Waals surface area contributed by atoms with Crippen molar-refractivity contribution in [2.75, 3.05) is 13.7 Å². The summed E-state index contributed by atoms with van der Waals surface area (Å²) in [7, 11) is 1.35. The molecule has 2 aromatic rings. The predicted octanol–water partition coefficient (Wildman–Crippen LogP) is 2.51. The van der Waals surface area contributed by atoms with Crippen molar-refractivity contribution in [1.29, 1.82) is 0 Å². The lowest BCUT2D eigenvalue weighted by Crippen LogP contribution is -2.54. The summed E-state index contributed by atoms with van der Waals surface area (Å²) in [5, 5.41) is 7.05. The summed E-state index contributed by atoms with van der Waals surface area (Å²) < 4.78 is 15.8. The van der Waals surface area contributed by atoms with Gasteiger partial charge in [0.1, 0.15) is 17.9 Å². The van der Waals surface area contributed by atoms with Gasteiger partial charge in [0.15, 0.2) is 5.82 Å². The van der Waals surface area contributed by atoms with Crippen molar-refractivity contribution in [3.8, 4) is 5.75 Å². The van der Waals surface area contributed by atoms with Crippen molar-refractivity contribution in [3.05, 3.63) is 42.0 Å². The van der Waals surface area contributed by atoms with Crippen molar-refractivity contribution in [3.63, 3.8) is 0 Å². The zero-order chi connectivity index (χ0) is 18.1. The lowest BCUT2D eigenvalue weighted by molar-refractivity contribution is -0.149.